The van der Waals surface area contributed by atoms with Crippen molar-refractivity contribution in [2.24, 2.45) is 5.92 Å². The van der Waals surface area contributed by atoms with Crippen LogP contribution in [-0.2, 0) is 9.53 Å². The van der Waals surface area contributed by atoms with Crippen LogP contribution < -0.4 is 9.64 Å². The number of carbonyl (C=O) groups excluding carboxylic acids is 1. The first kappa shape index (κ1) is 16.2. The number of anilines is 1. The van der Waals surface area contributed by atoms with Crippen molar-refractivity contribution >= 4 is 11.8 Å². The summed E-state index contributed by atoms with van der Waals surface area (Å²) in [6.07, 6.45) is 1.74. The van der Waals surface area contributed by atoms with Gasteiger partial charge < -0.3 is 14.4 Å². The lowest BCUT2D eigenvalue weighted by molar-refractivity contribution is -0.145. The molecule has 1 saturated heterocycles. The Kier molecular flexibility index (Phi) is 4.64. The molecule has 0 aliphatic carbocycles. The topological polar surface area (TPSA) is 64.5 Å². The van der Waals surface area contributed by atoms with Gasteiger partial charge in [0.25, 0.3) is 0 Å². The standard InChI is InChI=1S/C18H21N3O3/c1-12-19-9-8-17(20-12)21-10-15(16(11-21)18(22)24-3)13-4-6-14(23-2)7-5-13/h4-9,15-16H,10-11H2,1-3H3/t15-,16+/m0/s1. The zero-order chi connectivity index (χ0) is 17.1. The number of aryl methyl sites for hydroxylation is 1. The zero-order valence-electron chi connectivity index (χ0n) is 14.1. The minimum absolute atomic E-state index is 0.0543. The van der Waals surface area contributed by atoms with Crippen LogP contribution in [0.25, 0.3) is 0 Å². The quantitative estimate of drug-likeness (QED) is 0.802. The Hall–Kier alpha value is -2.63. The lowest BCUT2D eigenvalue weighted by Crippen LogP contribution is -2.25. The Morgan fingerprint density at radius 3 is 2.54 bits per heavy atom. The van der Waals surface area contributed by atoms with E-state index in [0.29, 0.717) is 13.1 Å². The maximum Gasteiger partial charge on any atom is 0.311 e. The first-order chi connectivity index (χ1) is 11.6. The number of aromatic nitrogens is 2. The van der Waals surface area contributed by atoms with Gasteiger partial charge in [-0.05, 0) is 30.7 Å². The average molecular weight is 327 g/mol. The molecule has 3 rings (SSSR count). The van der Waals surface area contributed by atoms with Gasteiger partial charge in [-0.2, -0.15) is 0 Å². The number of rotatable bonds is 4. The minimum atomic E-state index is -0.223. The molecule has 2 heterocycles. The summed E-state index contributed by atoms with van der Waals surface area (Å²) in [6, 6.07) is 9.72. The van der Waals surface area contributed by atoms with Crippen molar-refractivity contribution < 1.29 is 14.3 Å². The number of esters is 1. The third kappa shape index (κ3) is 3.18. The van der Waals surface area contributed by atoms with E-state index >= 15 is 0 Å². The van der Waals surface area contributed by atoms with Gasteiger partial charge in [0.2, 0.25) is 0 Å². The molecule has 0 radical (unpaired) electrons. The SMILES string of the molecule is COC(=O)[C@@H]1CN(c2ccnc(C)n2)C[C@H]1c1ccc(OC)cc1. The van der Waals surface area contributed by atoms with E-state index in [1.165, 1.54) is 7.11 Å². The molecule has 6 nitrogen and oxygen atoms in total. The third-order valence-electron chi connectivity index (χ3n) is 4.45. The van der Waals surface area contributed by atoms with E-state index in [-0.39, 0.29) is 17.8 Å². The lowest BCUT2D eigenvalue weighted by Gasteiger charge is -2.17. The average Bonchev–Trinajstić information content (AvgIpc) is 3.06. The first-order valence-electron chi connectivity index (χ1n) is 7.88. The van der Waals surface area contributed by atoms with Gasteiger partial charge in [0, 0.05) is 25.2 Å². The van der Waals surface area contributed by atoms with Gasteiger partial charge in [-0.15, -0.1) is 0 Å². The highest BCUT2D eigenvalue weighted by molar-refractivity contribution is 5.75. The molecule has 1 aromatic heterocycles. The molecule has 2 atom stereocenters. The van der Waals surface area contributed by atoms with Crippen molar-refractivity contribution in [3.05, 3.63) is 47.9 Å². The van der Waals surface area contributed by atoms with E-state index in [1.54, 1.807) is 13.3 Å². The summed E-state index contributed by atoms with van der Waals surface area (Å²) in [4.78, 5) is 23.0. The van der Waals surface area contributed by atoms with Crippen LogP contribution in [0.15, 0.2) is 36.5 Å². The summed E-state index contributed by atoms with van der Waals surface area (Å²) in [6.45, 7) is 3.15. The second-order valence-electron chi connectivity index (χ2n) is 5.88. The highest BCUT2D eigenvalue weighted by atomic mass is 16.5. The lowest BCUT2D eigenvalue weighted by atomic mass is 9.89. The van der Waals surface area contributed by atoms with Crippen molar-refractivity contribution in [2.45, 2.75) is 12.8 Å². The van der Waals surface area contributed by atoms with E-state index in [2.05, 4.69) is 14.9 Å². The van der Waals surface area contributed by atoms with Crippen LogP contribution in [0.3, 0.4) is 0 Å². The molecular formula is C18H21N3O3. The number of carbonyl (C=O) groups is 1. The molecular weight excluding hydrogens is 306 g/mol. The Morgan fingerprint density at radius 2 is 1.92 bits per heavy atom. The smallest absolute Gasteiger partial charge is 0.311 e. The van der Waals surface area contributed by atoms with Gasteiger partial charge in [-0.3, -0.25) is 4.79 Å². The summed E-state index contributed by atoms with van der Waals surface area (Å²) >= 11 is 0. The van der Waals surface area contributed by atoms with E-state index in [4.69, 9.17) is 9.47 Å². The minimum Gasteiger partial charge on any atom is -0.497 e. The van der Waals surface area contributed by atoms with Crippen LogP contribution in [-0.4, -0.2) is 43.2 Å². The molecule has 6 heteroatoms. The Balaban J connectivity index is 1.89. The van der Waals surface area contributed by atoms with Crippen molar-refractivity contribution in [1.29, 1.82) is 0 Å². The van der Waals surface area contributed by atoms with E-state index in [9.17, 15) is 4.79 Å². The zero-order valence-corrected chi connectivity index (χ0v) is 14.1. The molecule has 0 spiro atoms. The third-order valence-corrected chi connectivity index (χ3v) is 4.45. The molecule has 0 N–H and O–H groups in total. The van der Waals surface area contributed by atoms with Crippen LogP contribution in [0, 0.1) is 12.8 Å². The monoisotopic (exact) mass is 327 g/mol. The molecule has 2 aromatic rings. The van der Waals surface area contributed by atoms with Crippen LogP contribution >= 0.6 is 0 Å². The summed E-state index contributed by atoms with van der Waals surface area (Å²) in [5.41, 5.74) is 1.10. The van der Waals surface area contributed by atoms with Gasteiger partial charge in [-0.1, -0.05) is 12.1 Å². The number of hydrogen-bond acceptors (Lipinski definition) is 6. The molecule has 0 unspecified atom stereocenters. The fourth-order valence-electron chi connectivity index (χ4n) is 3.19. The number of ether oxygens (including phenoxy) is 2. The highest BCUT2D eigenvalue weighted by Gasteiger charge is 2.39. The number of hydrogen-bond donors (Lipinski definition) is 0. The Morgan fingerprint density at radius 1 is 1.17 bits per heavy atom. The number of methoxy groups -OCH3 is 2. The Labute approximate surface area is 141 Å². The molecule has 1 aromatic carbocycles. The summed E-state index contributed by atoms with van der Waals surface area (Å²) in [5, 5.41) is 0. The largest absolute Gasteiger partial charge is 0.497 e. The Bertz CT molecular complexity index is 718. The molecule has 1 aliphatic rings. The highest BCUT2D eigenvalue weighted by Crippen LogP contribution is 2.36. The van der Waals surface area contributed by atoms with Gasteiger partial charge in [0.1, 0.15) is 17.4 Å². The molecule has 0 amide bonds. The van der Waals surface area contributed by atoms with Gasteiger partial charge in [-0.25, -0.2) is 9.97 Å². The van der Waals surface area contributed by atoms with Crippen molar-refractivity contribution in [2.75, 3.05) is 32.2 Å². The van der Waals surface area contributed by atoms with Gasteiger partial charge in [0.15, 0.2) is 0 Å². The van der Waals surface area contributed by atoms with Crippen molar-refractivity contribution in [3.8, 4) is 5.75 Å². The normalized spacial score (nSPS) is 20.0. The molecule has 0 bridgehead atoms. The second kappa shape index (κ2) is 6.86. The molecule has 0 saturated carbocycles. The van der Waals surface area contributed by atoms with E-state index in [0.717, 1.165) is 23.0 Å². The second-order valence-corrected chi connectivity index (χ2v) is 5.88. The van der Waals surface area contributed by atoms with Crippen LogP contribution in [0.2, 0.25) is 0 Å². The molecule has 1 aliphatic heterocycles. The molecule has 24 heavy (non-hydrogen) atoms. The number of nitrogens with zero attached hydrogens (tertiary/aromatic N) is 3. The van der Waals surface area contributed by atoms with E-state index < -0.39 is 0 Å². The fraction of sp³-hybridized carbons (Fsp3) is 0.389. The maximum absolute atomic E-state index is 12.3. The van der Waals surface area contributed by atoms with Gasteiger partial charge >= 0.3 is 5.97 Å². The molecule has 126 valence electrons. The number of benzene rings is 1. The van der Waals surface area contributed by atoms with Crippen LogP contribution in [0.4, 0.5) is 5.82 Å². The van der Waals surface area contributed by atoms with Gasteiger partial charge in [0.05, 0.1) is 20.1 Å². The summed E-state index contributed by atoms with van der Waals surface area (Å²) in [5.74, 6) is 2.00. The predicted molar refractivity (Wildman–Crippen MR) is 90.2 cm³/mol. The molecule has 1 fully saturated rings. The van der Waals surface area contributed by atoms with E-state index in [1.807, 2.05) is 37.3 Å². The van der Waals surface area contributed by atoms with Crippen molar-refractivity contribution in [3.63, 3.8) is 0 Å². The maximum atomic E-state index is 12.3. The summed E-state index contributed by atoms with van der Waals surface area (Å²) < 4.78 is 10.2. The first-order valence-corrected chi connectivity index (χ1v) is 7.88. The fourth-order valence-corrected chi connectivity index (χ4v) is 3.19. The van der Waals surface area contributed by atoms with Crippen LogP contribution in [0.5, 0.6) is 5.75 Å². The van der Waals surface area contributed by atoms with Crippen LogP contribution in [0.1, 0.15) is 17.3 Å². The summed E-state index contributed by atoms with van der Waals surface area (Å²) in [7, 11) is 3.08. The predicted octanol–water partition coefficient (Wildman–Crippen LogP) is 2.19. The van der Waals surface area contributed by atoms with Crippen molar-refractivity contribution in [1.82, 2.24) is 9.97 Å².